The van der Waals surface area contributed by atoms with Crippen LogP contribution in [0.1, 0.15) is 19.4 Å². The summed E-state index contributed by atoms with van der Waals surface area (Å²) in [4.78, 5) is 0. The first-order chi connectivity index (χ1) is 6.77. The maximum atomic E-state index is 9.39. The molecule has 0 atom stereocenters. The molecule has 0 aromatic heterocycles. The molecule has 14 heavy (non-hydrogen) atoms. The van der Waals surface area contributed by atoms with Crippen molar-refractivity contribution in [3.63, 3.8) is 0 Å². The van der Waals surface area contributed by atoms with Gasteiger partial charge in [-0.2, -0.15) is 5.10 Å². The maximum Gasteiger partial charge on any atom is 0.464 e. The van der Waals surface area contributed by atoms with Gasteiger partial charge in [-0.15, -0.1) is 0 Å². The van der Waals surface area contributed by atoms with Gasteiger partial charge in [0.05, 0.1) is 6.21 Å². The second-order valence-corrected chi connectivity index (χ2v) is 2.68. The first-order valence-electron chi connectivity index (χ1n) is 4.63. The van der Waals surface area contributed by atoms with E-state index in [1.807, 2.05) is 13.8 Å². The van der Waals surface area contributed by atoms with Crippen molar-refractivity contribution in [3.8, 4) is 0 Å². The molecule has 4 N–H and O–H groups in total. The Morgan fingerprint density at radius 2 is 2.14 bits per heavy atom. The second kappa shape index (κ2) is 4.67. The Balaban J connectivity index is 0.000000461. The number of anilines is 1. The van der Waals surface area contributed by atoms with E-state index in [1.54, 1.807) is 24.4 Å². The van der Waals surface area contributed by atoms with E-state index in [2.05, 4.69) is 10.4 Å². The van der Waals surface area contributed by atoms with Crippen LogP contribution in [0.15, 0.2) is 23.3 Å². The number of hydrogen-bond acceptors (Lipinski definition) is 4. The maximum absolute atomic E-state index is 9.39. The van der Waals surface area contributed by atoms with Gasteiger partial charge >= 0.3 is 7.05 Å². The van der Waals surface area contributed by atoms with Crippen LogP contribution >= 0.6 is 0 Å². The molecule has 0 amide bonds. The fourth-order valence-electron chi connectivity index (χ4n) is 1.20. The number of rotatable bonds is 0. The molecular weight excluding hydrogens is 177 g/mol. The first kappa shape index (κ1) is 10.6. The Morgan fingerprint density at radius 3 is 2.86 bits per heavy atom. The molecule has 74 valence electrons. The van der Waals surface area contributed by atoms with Crippen molar-refractivity contribution in [3.05, 3.63) is 23.8 Å². The molecule has 0 aliphatic carbocycles. The van der Waals surface area contributed by atoms with Crippen molar-refractivity contribution in [2.24, 2.45) is 5.10 Å². The molecular formula is C9H14BN3O. The van der Waals surface area contributed by atoms with Crippen LogP contribution in [0.3, 0.4) is 0 Å². The average molecular weight is 191 g/mol. The largest absolute Gasteiger partial charge is 0.464 e. The van der Waals surface area contributed by atoms with Gasteiger partial charge in [0, 0.05) is 5.69 Å². The number of fused-ring (bicyclic) bond motifs is 1. The van der Waals surface area contributed by atoms with Crippen LogP contribution < -0.4 is 16.5 Å². The molecule has 0 bridgehead atoms. The van der Waals surface area contributed by atoms with Crippen LogP contribution in [0, 0.1) is 0 Å². The standard InChI is InChI=1S/C7H8BN3O.C2H6/c9-6-1-2-7-5(3-6)4-10-11-8(7)12;1-2/h1-4,11-12H,9H2;1-2H3. The Morgan fingerprint density at radius 1 is 1.43 bits per heavy atom. The van der Waals surface area contributed by atoms with Crippen LogP contribution in [0.25, 0.3) is 0 Å². The van der Waals surface area contributed by atoms with E-state index in [4.69, 9.17) is 5.73 Å². The fourth-order valence-corrected chi connectivity index (χ4v) is 1.20. The van der Waals surface area contributed by atoms with Gasteiger partial charge in [0.2, 0.25) is 0 Å². The van der Waals surface area contributed by atoms with Gasteiger partial charge in [-0.25, -0.2) is 0 Å². The highest BCUT2D eigenvalue weighted by Gasteiger charge is 2.20. The van der Waals surface area contributed by atoms with E-state index in [9.17, 15) is 5.02 Å². The van der Waals surface area contributed by atoms with Gasteiger partial charge < -0.3 is 16.1 Å². The molecule has 0 unspecified atom stereocenters. The number of nitrogens with one attached hydrogen (secondary N) is 1. The molecule has 1 aliphatic heterocycles. The Hall–Kier alpha value is -1.49. The quantitative estimate of drug-likeness (QED) is 0.396. The second-order valence-electron chi connectivity index (χ2n) is 2.68. The third-order valence-electron chi connectivity index (χ3n) is 1.81. The van der Waals surface area contributed by atoms with E-state index >= 15 is 0 Å². The minimum Gasteiger partial charge on any atom is -0.428 e. The van der Waals surface area contributed by atoms with Gasteiger partial charge in [-0.3, -0.25) is 0 Å². The molecule has 0 spiro atoms. The van der Waals surface area contributed by atoms with E-state index in [0.717, 1.165) is 11.0 Å². The van der Waals surface area contributed by atoms with Gasteiger partial charge in [0.15, 0.2) is 0 Å². The van der Waals surface area contributed by atoms with Gasteiger partial charge in [-0.05, 0) is 23.2 Å². The van der Waals surface area contributed by atoms with Gasteiger partial charge in [0.25, 0.3) is 0 Å². The number of hydrogen-bond donors (Lipinski definition) is 3. The molecule has 0 fully saturated rings. The fraction of sp³-hybridized carbons (Fsp3) is 0.222. The summed E-state index contributed by atoms with van der Waals surface area (Å²) in [5, 5.41) is 15.7. The molecule has 1 aliphatic rings. The highest BCUT2D eigenvalue weighted by Crippen LogP contribution is 2.04. The Labute approximate surface area is 84.0 Å². The zero-order valence-electron chi connectivity index (χ0n) is 8.36. The molecule has 4 nitrogen and oxygen atoms in total. The van der Waals surface area contributed by atoms with Crippen molar-refractivity contribution < 1.29 is 5.02 Å². The third kappa shape index (κ3) is 2.06. The molecule has 1 heterocycles. The average Bonchev–Trinajstić information content (AvgIpc) is 2.21. The summed E-state index contributed by atoms with van der Waals surface area (Å²) < 4.78 is 0. The summed E-state index contributed by atoms with van der Waals surface area (Å²) in [7, 11) is -0.717. The number of hydrazone groups is 1. The molecule has 2 rings (SSSR count). The Bertz CT molecular complexity index is 341. The SMILES string of the molecule is CC.Nc1ccc2c(c1)C=NNB2O. The van der Waals surface area contributed by atoms with Crippen LogP contribution in [-0.2, 0) is 0 Å². The predicted molar refractivity (Wildman–Crippen MR) is 60.5 cm³/mol. The molecule has 5 heteroatoms. The van der Waals surface area contributed by atoms with E-state index in [0.29, 0.717) is 5.69 Å². The van der Waals surface area contributed by atoms with Crippen LogP contribution in [0.4, 0.5) is 5.69 Å². The van der Waals surface area contributed by atoms with E-state index in [-0.39, 0.29) is 0 Å². The molecule has 0 radical (unpaired) electrons. The molecule has 0 saturated heterocycles. The lowest BCUT2D eigenvalue weighted by molar-refractivity contribution is 0.565. The molecule has 0 saturated carbocycles. The smallest absolute Gasteiger partial charge is 0.428 e. The van der Waals surface area contributed by atoms with Crippen molar-refractivity contribution >= 4 is 24.4 Å². The van der Waals surface area contributed by atoms with Crippen molar-refractivity contribution in [2.75, 3.05) is 5.73 Å². The summed E-state index contributed by atoms with van der Waals surface area (Å²) in [6.45, 7) is 4.00. The summed E-state index contributed by atoms with van der Waals surface area (Å²) >= 11 is 0. The summed E-state index contributed by atoms with van der Waals surface area (Å²) in [6, 6.07) is 5.32. The van der Waals surface area contributed by atoms with Crippen LogP contribution in [0.2, 0.25) is 0 Å². The van der Waals surface area contributed by atoms with Crippen LogP contribution in [0.5, 0.6) is 0 Å². The highest BCUT2D eigenvalue weighted by molar-refractivity contribution is 6.65. The normalized spacial score (nSPS) is 12.4. The van der Waals surface area contributed by atoms with Gasteiger partial charge in [-0.1, -0.05) is 19.9 Å². The zero-order chi connectivity index (χ0) is 10.6. The summed E-state index contributed by atoms with van der Waals surface area (Å²) in [5.74, 6) is 0. The zero-order valence-corrected chi connectivity index (χ0v) is 8.36. The van der Waals surface area contributed by atoms with E-state index < -0.39 is 7.05 Å². The molecule has 1 aromatic rings. The molecule has 1 aromatic carbocycles. The van der Waals surface area contributed by atoms with Gasteiger partial charge in [0.1, 0.15) is 0 Å². The van der Waals surface area contributed by atoms with E-state index in [1.165, 1.54) is 0 Å². The van der Waals surface area contributed by atoms with Crippen molar-refractivity contribution in [2.45, 2.75) is 13.8 Å². The minimum absolute atomic E-state index is 0.675. The number of nitrogens with two attached hydrogens (primary N) is 1. The lowest BCUT2D eigenvalue weighted by atomic mass is 9.72. The predicted octanol–water partition coefficient (Wildman–Crippen LogP) is -0.0804. The van der Waals surface area contributed by atoms with Crippen molar-refractivity contribution in [1.29, 1.82) is 0 Å². The monoisotopic (exact) mass is 191 g/mol. The summed E-state index contributed by atoms with van der Waals surface area (Å²) in [5.41, 5.74) is 7.91. The number of nitrogen functional groups attached to an aromatic ring is 1. The van der Waals surface area contributed by atoms with Crippen molar-refractivity contribution in [1.82, 2.24) is 5.34 Å². The number of benzene rings is 1. The lowest BCUT2D eigenvalue weighted by Crippen LogP contribution is -2.46. The first-order valence-corrected chi connectivity index (χ1v) is 4.63. The third-order valence-corrected chi connectivity index (χ3v) is 1.81. The lowest BCUT2D eigenvalue weighted by Gasteiger charge is -2.13. The topological polar surface area (TPSA) is 70.6 Å². The summed E-state index contributed by atoms with van der Waals surface area (Å²) in [6.07, 6.45) is 1.64. The number of nitrogens with zero attached hydrogens (tertiary/aromatic N) is 1. The highest BCUT2D eigenvalue weighted by atomic mass is 16.2. The minimum atomic E-state index is -0.717. The Kier molecular flexibility index (Phi) is 3.53. The van der Waals surface area contributed by atoms with Crippen LogP contribution in [-0.4, -0.2) is 18.3 Å².